The number of piperazine rings is 1. The minimum atomic E-state index is -2.63. The molecule has 1 aromatic heterocycles. The fourth-order valence-electron chi connectivity index (χ4n) is 6.55. The van der Waals surface area contributed by atoms with E-state index in [1.54, 1.807) is 53.7 Å². The van der Waals surface area contributed by atoms with Gasteiger partial charge in [-0.25, -0.2) is 22.9 Å². The molecule has 4 atom stereocenters. The van der Waals surface area contributed by atoms with Crippen molar-refractivity contribution in [3.05, 3.63) is 53.0 Å². The van der Waals surface area contributed by atoms with Crippen molar-refractivity contribution in [1.29, 1.82) is 0 Å². The number of primary amides is 1. The van der Waals surface area contributed by atoms with E-state index < -0.39 is 48.0 Å². The predicted octanol–water partition coefficient (Wildman–Crippen LogP) is 3.30. The first-order valence-corrected chi connectivity index (χ1v) is 16.5. The molecule has 15 heteroatoms. The predicted molar refractivity (Wildman–Crippen MR) is 174 cm³/mol. The highest BCUT2D eigenvalue weighted by molar-refractivity contribution is 5.99. The molecule has 5 rings (SSSR count). The molecule has 0 bridgehead atoms. The fourth-order valence-corrected chi connectivity index (χ4v) is 6.55. The average molecular weight is 691 g/mol. The van der Waals surface area contributed by atoms with E-state index in [2.05, 4.69) is 4.98 Å². The number of morpholine rings is 1. The van der Waals surface area contributed by atoms with E-state index in [1.165, 1.54) is 12.1 Å². The standard InChI is InChI=1S/C34H45F3N6O6/c1-20-14-41(25(16-42(20)33(46)49-34(3,4)5)15-40-10-11-47-19-27(40)30(36)37)17-28(44)43-21(2)18-48-32-26(43)13-23(29(39-32)31(38)45)12-22-6-8-24(35)9-7-22/h6-9,13,20-21,25,27,30H,10-12,14-19H2,1-5H3,(H2,38,45)/t20-,21+,25+,27+/m1/s1. The third-order valence-corrected chi connectivity index (χ3v) is 8.96. The lowest BCUT2D eigenvalue weighted by atomic mass is 10.0. The number of rotatable bonds is 8. The number of carbonyl (C=O) groups is 3. The fraction of sp³-hybridized carbons (Fsp3) is 0.588. The average Bonchev–Trinajstić information content (AvgIpc) is 3.02. The second kappa shape index (κ2) is 14.9. The first-order valence-electron chi connectivity index (χ1n) is 16.5. The van der Waals surface area contributed by atoms with Crippen molar-refractivity contribution in [1.82, 2.24) is 19.7 Å². The first kappa shape index (κ1) is 36.3. The van der Waals surface area contributed by atoms with E-state index in [4.69, 9.17) is 19.9 Å². The Bertz CT molecular complexity index is 1520. The maximum Gasteiger partial charge on any atom is 0.410 e. The third kappa shape index (κ3) is 8.62. The summed E-state index contributed by atoms with van der Waals surface area (Å²) in [7, 11) is 0. The van der Waals surface area contributed by atoms with Gasteiger partial charge in [0.15, 0.2) is 0 Å². The third-order valence-electron chi connectivity index (χ3n) is 8.96. The lowest BCUT2D eigenvalue weighted by Gasteiger charge is -2.48. The second-order valence-electron chi connectivity index (χ2n) is 13.9. The summed E-state index contributed by atoms with van der Waals surface area (Å²) in [5.41, 5.74) is 6.42. The van der Waals surface area contributed by atoms with Crippen LogP contribution in [0.15, 0.2) is 30.3 Å². The van der Waals surface area contributed by atoms with Gasteiger partial charge < -0.3 is 29.7 Å². The SMILES string of the molecule is C[C@@H]1CN(CC(=O)N2c3cc(Cc4ccc(F)cc4)c(C(N)=O)nc3OC[C@@H]2C)[C@@H](CN2CCOC[C@H]2C(F)F)CN1C(=O)OC(C)(C)C. The highest BCUT2D eigenvalue weighted by atomic mass is 19.3. The van der Waals surface area contributed by atoms with Crippen LogP contribution in [-0.4, -0.2) is 126 Å². The Morgan fingerprint density at radius 1 is 1.06 bits per heavy atom. The molecule has 0 aliphatic carbocycles. The van der Waals surface area contributed by atoms with Gasteiger partial charge in [0.25, 0.3) is 12.3 Å². The Morgan fingerprint density at radius 3 is 2.43 bits per heavy atom. The molecule has 2 N–H and O–H groups in total. The number of pyridine rings is 1. The molecule has 0 spiro atoms. The molecule has 4 heterocycles. The van der Waals surface area contributed by atoms with Crippen molar-refractivity contribution >= 4 is 23.6 Å². The molecule has 3 aliphatic rings. The molecule has 3 amide bonds. The lowest BCUT2D eigenvalue weighted by Crippen LogP contribution is -2.65. The summed E-state index contributed by atoms with van der Waals surface area (Å²) in [4.78, 5) is 51.1. The van der Waals surface area contributed by atoms with Crippen LogP contribution in [0.1, 0.15) is 56.2 Å². The van der Waals surface area contributed by atoms with Gasteiger partial charge in [0.2, 0.25) is 11.8 Å². The summed E-state index contributed by atoms with van der Waals surface area (Å²) in [6.07, 6.45) is -2.94. The van der Waals surface area contributed by atoms with Crippen LogP contribution in [0.25, 0.3) is 0 Å². The zero-order valence-corrected chi connectivity index (χ0v) is 28.5. The molecule has 2 fully saturated rings. The Labute approximate surface area is 284 Å². The number of ether oxygens (including phenoxy) is 3. The number of nitrogens with zero attached hydrogens (tertiary/aromatic N) is 5. The molecule has 268 valence electrons. The summed E-state index contributed by atoms with van der Waals surface area (Å²) in [6, 6.07) is 5.11. The van der Waals surface area contributed by atoms with E-state index in [0.717, 1.165) is 0 Å². The minimum Gasteiger partial charge on any atom is -0.474 e. The number of anilines is 1. The van der Waals surface area contributed by atoms with E-state index in [-0.39, 0.29) is 69.3 Å². The minimum absolute atomic E-state index is 0.0173. The quantitative estimate of drug-likeness (QED) is 0.444. The molecule has 0 saturated carbocycles. The Balaban J connectivity index is 1.43. The van der Waals surface area contributed by atoms with E-state index in [9.17, 15) is 27.6 Å². The highest BCUT2D eigenvalue weighted by Gasteiger charge is 2.42. The van der Waals surface area contributed by atoms with Gasteiger partial charge in [-0.2, -0.15) is 0 Å². The van der Waals surface area contributed by atoms with E-state index >= 15 is 0 Å². The van der Waals surface area contributed by atoms with Gasteiger partial charge in [-0.3, -0.25) is 19.4 Å². The molecule has 12 nitrogen and oxygen atoms in total. The van der Waals surface area contributed by atoms with E-state index in [1.807, 2.05) is 18.7 Å². The number of amides is 3. The lowest BCUT2D eigenvalue weighted by molar-refractivity contribution is -0.123. The van der Waals surface area contributed by atoms with E-state index in [0.29, 0.717) is 30.0 Å². The Morgan fingerprint density at radius 2 is 1.78 bits per heavy atom. The molecular weight excluding hydrogens is 645 g/mol. The number of halogens is 3. The second-order valence-corrected chi connectivity index (χ2v) is 13.9. The van der Waals surface area contributed by atoms with Crippen molar-refractivity contribution in [2.24, 2.45) is 5.73 Å². The van der Waals surface area contributed by atoms with Crippen molar-refractivity contribution in [2.75, 3.05) is 57.4 Å². The normalized spacial score (nSPS) is 23.6. The zero-order valence-electron chi connectivity index (χ0n) is 28.5. The number of alkyl halides is 2. The molecule has 3 aliphatic heterocycles. The van der Waals surface area contributed by atoms with Crippen LogP contribution >= 0.6 is 0 Å². The number of hydrogen-bond donors (Lipinski definition) is 1. The maximum absolute atomic E-state index is 14.3. The molecule has 0 radical (unpaired) electrons. The number of fused-ring (bicyclic) bond motifs is 1. The number of nitrogens with two attached hydrogens (primary N) is 1. The molecular formula is C34H45F3N6O6. The van der Waals surface area contributed by atoms with Crippen LogP contribution in [-0.2, 0) is 20.7 Å². The van der Waals surface area contributed by atoms with Gasteiger partial charge in [0.1, 0.15) is 29.4 Å². The number of carbonyl (C=O) groups excluding carboxylic acids is 3. The maximum atomic E-state index is 14.3. The Hall–Kier alpha value is -3.95. The summed E-state index contributed by atoms with van der Waals surface area (Å²) >= 11 is 0. The largest absolute Gasteiger partial charge is 0.474 e. The summed E-state index contributed by atoms with van der Waals surface area (Å²) in [6.45, 7) is 10.1. The molecule has 2 aromatic rings. The van der Waals surface area contributed by atoms with Crippen LogP contribution in [0.2, 0.25) is 0 Å². The molecule has 1 aromatic carbocycles. The van der Waals surface area contributed by atoms with Gasteiger partial charge in [-0.1, -0.05) is 12.1 Å². The summed E-state index contributed by atoms with van der Waals surface area (Å²) < 4.78 is 58.5. The van der Waals surface area contributed by atoms with Crippen LogP contribution in [0.5, 0.6) is 5.88 Å². The summed E-state index contributed by atoms with van der Waals surface area (Å²) in [5.74, 6) is -1.39. The number of aromatic nitrogens is 1. The van der Waals surface area contributed by atoms with Gasteiger partial charge in [0.05, 0.1) is 31.8 Å². The molecule has 0 unspecified atom stereocenters. The molecule has 2 saturated heterocycles. The van der Waals surface area contributed by atoms with Crippen LogP contribution < -0.4 is 15.4 Å². The van der Waals surface area contributed by atoms with Gasteiger partial charge in [0, 0.05) is 38.3 Å². The number of benzene rings is 1. The van der Waals surface area contributed by atoms with Gasteiger partial charge >= 0.3 is 6.09 Å². The number of hydrogen-bond acceptors (Lipinski definition) is 9. The van der Waals surface area contributed by atoms with Crippen molar-refractivity contribution in [3.8, 4) is 5.88 Å². The van der Waals surface area contributed by atoms with Crippen LogP contribution in [0, 0.1) is 5.82 Å². The van der Waals surface area contributed by atoms with Crippen molar-refractivity contribution in [3.63, 3.8) is 0 Å². The monoisotopic (exact) mass is 690 g/mol. The zero-order chi connectivity index (χ0) is 35.6. The summed E-state index contributed by atoms with van der Waals surface area (Å²) in [5, 5.41) is 0. The molecule has 49 heavy (non-hydrogen) atoms. The van der Waals surface area contributed by atoms with Gasteiger partial charge in [-0.05, 0) is 70.4 Å². The smallest absolute Gasteiger partial charge is 0.410 e. The van der Waals surface area contributed by atoms with Crippen molar-refractivity contribution in [2.45, 2.75) is 77.2 Å². The van der Waals surface area contributed by atoms with Gasteiger partial charge in [-0.15, -0.1) is 0 Å². The van der Waals surface area contributed by atoms with Crippen LogP contribution in [0.4, 0.5) is 23.7 Å². The first-order chi connectivity index (χ1) is 23.1. The van der Waals surface area contributed by atoms with Crippen LogP contribution in [0.3, 0.4) is 0 Å². The highest BCUT2D eigenvalue weighted by Crippen LogP contribution is 2.35. The van der Waals surface area contributed by atoms with Crippen molar-refractivity contribution < 1.29 is 41.8 Å². The Kier molecular flexibility index (Phi) is 11.0. The topological polar surface area (TPSA) is 131 Å².